The highest BCUT2D eigenvalue weighted by molar-refractivity contribution is 5.80. The Balaban J connectivity index is 1.67. The Kier molecular flexibility index (Phi) is 5.63. The number of benzene rings is 2. The third-order valence-corrected chi connectivity index (χ3v) is 6.52. The summed E-state index contributed by atoms with van der Waals surface area (Å²) >= 11 is 0. The molecule has 5 heteroatoms. The van der Waals surface area contributed by atoms with Crippen LogP contribution < -0.4 is 4.57 Å². The van der Waals surface area contributed by atoms with Gasteiger partial charge in [0.15, 0.2) is 6.20 Å². The van der Waals surface area contributed by atoms with Crippen LogP contribution in [-0.4, -0.2) is 6.29 Å². The Labute approximate surface area is 174 Å². The van der Waals surface area contributed by atoms with Crippen LogP contribution in [0, 0.1) is 11.8 Å². The zero-order valence-electron chi connectivity index (χ0n) is 16.9. The molecule has 0 saturated heterocycles. The third-order valence-electron chi connectivity index (χ3n) is 6.52. The van der Waals surface area contributed by atoms with Crippen LogP contribution in [0.3, 0.4) is 0 Å². The molecule has 0 radical (unpaired) electrons. The molecule has 1 fully saturated rings. The molecule has 1 saturated carbocycles. The second kappa shape index (κ2) is 8.21. The molecule has 1 aromatic heterocycles. The van der Waals surface area contributed by atoms with E-state index in [-0.39, 0.29) is 5.92 Å². The molecule has 0 N–H and O–H groups in total. The third kappa shape index (κ3) is 3.98. The number of halogens is 3. The van der Waals surface area contributed by atoms with Crippen molar-refractivity contribution < 1.29 is 22.5 Å². The summed E-state index contributed by atoms with van der Waals surface area (Å²) in [6, 6.07) is 15.4. The van der Waals surface area contributed by atoms with Gasteiger partial charge in [-0.25, -0.2) is 0 Å². The van der Waals surface area contributed by atoms with Gasteiger partial charge in [-0.15, -0.1) is 0 Å². The van der Waals surface area contributed by atoms with Crippen LogP contribution in [0.4, 0.5) is 13.2 Å². The summed E-state index contributed by atoms with van der Waals surface area (Å²) in [7, 11) is 0. The predicted molar refractivity (Wildman–Crippen MR) is 110 cm³/mol. The topological polar surface area (TPSA) is 20.9 Å². The summed E-state index contributed by atoms with van der Waals surface area (Å²) in [5.74, 6) is 1.01. The van der Waals surface area contributed by atoms with E-state index in [0.29, 0.717) is 17.5 Å². The van der Waals surface area contributed by atoms with Crippen LogP contribution >= 0.6 is 0 Å². The molecule has 0 amide bonds. The molecule has 3 aromatic rings. The fourth-order valence-corrected chi connectivity index (χ4v) is 4.71. The quantitative estimate of drug-likeness (QED) is 0.367. The highest BCUT2D eigenvalue weighted by Gasteiger charge is 2.31. The molecule has 0 aliphatic heterocycles. The van der Waals surface area contributed by atoms with Crippen molar-refractivity contribution in [3.8, 4) is 5.69 Å². The number of para-hydroxylation sites is 1. The van der Waals surface area contributed by atoms with Gasteiger partial charge in [-0.3, -0.25) is 0 Å². The van der Waals surface area contributed by atoms with Crippen LogP contribution in [0.15, 0.2) is 60.8 Å². The van der Waals surface area contributed by atoms with Gasteiger partial charge in [-0.1, -0.05) is 19.1 Å². The summed E-state index contributed by atoms with van der Waals surface area (Å²) in [5, 5.41) is 1.13. The first kappa shape index (κ1) is 20.6. The molecule has 1 atom stereocenters. The average Bonchev–Trinajstić information content (AvgIpc) is 2.77. The Hall–Kier alpha value is -2.69. The van der Waals surface area contributed by atoms with E-state index in [2.05, 4.69) is 12.1 Å². The van der Waals surface area contributed by atoms with Crippen LogP contribution in [0.1, 0.15) is 49.7 Å². The number of aromatic nitrogens is 1. The molecule has 1 heterocycles. The lowest BCUT2D eigenvalue weighted by atomic mass is 9.74. The van der Waals surface area contributed by atoms with Crippen molar-refractivity contribution >= 4 is 17.2 Å². The Morgan fingerprint density at radius 2 is 1.63 bits per heavy atom. The number of carbonyl (C=O) groups is 1. The van der Waals surface area contributed by atoms with E-state index in [0.717, 1.165) is 55.0 Å². The first-order valence-electron chi connectivity index (χ1n) is 10.4. The van der Waals surface area contributed by atoms with Crippen LogP contribution in [0.5, 0.6) is 0 Å². The lowest BCUT2D eigenvalue weighted by molar-refractivity contribution is -0.567. The molecule has 1 aliphatic carbocycles. The monoisotopic (exact) mass is 412 g/mol. The number of alkyl halides is 3. The summed E-state index contributed by atoms with van der Waals surface area (Å²) in [5.41, 5.74) is 2.33. The molecule has 0 spiro atoms. The zero-order chi connectivity index (χ0) is 21.3. The van der Waals surface area contributed by atoms with Gasteiger partial charge in [0.05, 0.1) is 10.9 Å². The predicted octanol–water partition coefficient (Wildman–Crippen LogP) is 6.24. The number of aldehydes is 1. The van der Waals surface area contributed by atoms with Gasteiger partial charge in [0, 0.05) is 30.2 Å². The highest BCUT2D eigenvalue weighted by atomic mass is 19.4. The van der Waals surface area contributed by atoms with Crippen LogP contribution in [-0.2, 0) is 11.0 Å². The average molecular weight is 412 g/mol. The number of hydrogen-bond donors (Lipinski definition) is 0. The second-order valence-electron chi connectivity index (χ2n) is 8.31. The molecule has 2 nitrogen and oxygen atoms in total. The van der Waals surface area contributed by atoms with E-state index < -0.39 is 11.7 Å². The molecule has 0 bridgehead atoms. The lowest BCUT2D eigenvalue weighted by Crippen LogP contribution is -2.32. The van der Waals surface area contributed by atoms with E-state index in [1.54, 1.807) is 0 Å². The van der Waals surface area contributed by atoms with Gasteiger partial charge in [-0.05, 0) is 61.3 Å². The van der Waals surface area contributed by atoms with E-state index >= 15 is 0 Å². The number of fused-ring (bicyclic) bond motifs is 1. The SMILES string of the molecule is C[C@@H](C=O)[C@H]1CC[C@H](c2cc[n+](-c3ccc(C(F)(F)F)cc3)c3ccccc32)CC1. The largest absolute Gasteiger partial charge is 0.416 e. The first-order chi connectivity index (χ1) is 14.4. The summed E-state index contributed by atoms with van der Waals surface area (Å²) in [6.45, 7) is 2.00. The maximum atomic E-state index is 12.9. The number of carbonyl (C=O) groups excluding carboxylic acids is 1. The zero-order valence-corrected chi connectivity index (χ0v) is 16.9. The van der Waals surface area contributed by atoms with Gasteiger partial charge in [0.2, 0.25) is 11.2 Å². The first-order valence-corrected chi connectivity index (χ1v) is 10.4. The number of hydrogen-bond acceptors (Lipinski definition) is 1. The van der Waals surface area contributed by atoms with Crippen molar-refractivity contribution in [2.24, 2.45) is 11.8 Å². The van der Waals surface area contributed by atoms with E-state index in [1.807, 2.05) is 35.9 Å². The second-order valence-corrected chi connectivity index (χ2v) is 8.31. The number of pyridine rings is 1. The van der Waals surface area contributed by atoms with Crippen molar-refractivity contribution in [3.63, 3.8) is 0 Å². The van der Waals surface area contributed by atoms with Gasteiger partial charge in [0.1, 0.15) is 6.29 Å². The summed E-state index contributed by atoms with van der Waals surface area (Å²) in [6.07, 6.45) is 2.89. The summed E-state index contributed by atoms with van der Waals surface area (Å²) < 4.78 is 40.7. The molecular weight excluding hydrogens is 387 g/mol. The minimum absolute atomic E-state index is 0.111. The molecular formula is C25H25F3NO+. The van der Waals surface area contributed by atoms with Crippen molar-refractivity contribution in [1.82, 2.24) is 0 Å². The fourth-order valence-electron chi connectivity index (χ4n) is 4.71. The van der Waals surface area contributed by atoms with E-state index in [9.17, 15) is 18.0 Å². The smallest absolute Gasteiger partial charge is 0.303 e. The molecule has 0 unspecified atom stereocenters. The Morgan fingerprint density at radius 1 is 0.967 bits per heavy atom. The Morgan fingerprint density at radius 3 is 2.27 bits per heavy atom. The molecule has 1 aliphatic rings. The van der Waals surface area contributed by atoms with E-state index in [4.69, 9.17) is 0 Å². The van der Waals surface area contributed by atoms with Gasteiger partial charge in [-0.2, -0.15) is 17.7 Å². The van der Waals surface area contributed by atoms with Crippen LogP contribution in [0.2, 0.25) is 0 Å². The van der Waals surface area contributed by atoms with Crippen molar-refractivity contribution in [3.05, 3.63) is 71.9 Å². The molecule has 4 rings (SSSR count). The van der Waals surface area contributed by atoms with Gasteiger partial charge in [0.25, 0.3) is 0 Å². The molecule has 156 valence electrons. The standard InChI is InChI=1S/C25H25F3NO/c1-17(16-30)18-6-8-19(9-7-18)22-14-15-29(24-5-3-2-4-23(22)24)21-12-10-20(11-13-21)25(26,27)28/h2-5,10-19H,6-9H2,1H3/q+1/t17-,18-,19-/m0/s1. The lowest BCUT2D eigenvalue weighted by Gasteiger charge is -2.30. The molecule has 30 heavy (non-hydrogen) atoms. The van der Waals surface area contributed by atoms with Crippen molar-refractivity contribution in [2.45, 2.75) is 44.7 Å². The van der Waals surface area contributed by atoms with Crippen LogP contribution in [0.25, 0.3) is 16.6 Å². The van der Waals surface area contributed by atoms with E-state index in [1.165, 1.54) is 17.7 Å². The summed E-state index contributed by atoms with van der Waals surface area (Å²) in [4.78, 5) is 11.1. The fraction of sp³-hybridized carbons (Fsp3) is 0.360. The minimum atomic E-state index is -4.34. The van der Waals surface area contributed by atoms with Crippen molar-refractivity contribution in [1.29, 1.82) is 0 Å². The number of rotatable bonds is 4. The number of nitrogens with zero attached hydrogens (tertiary/aromatic N) is 1. The molecule has 2 aromatic carbocycles. The Bertz CT molecular complexity index is 1030. The van der Waals surface area contributed by atoms with Gasteiger partial charge >= 0.3 is 6.18 Å². The maximum absolute atomic E-state index is 12.9. The highest BCUT2D eigenvalue weighted by Crippen LogP contribution is 2.40. The maximum Gasteiger partial charge on any atom is 0.416 e. The van der Waals surface area contributed by atoms with Gasteiger partial charge < -0.3 is 4.79 Å². The van der Waals surface area contributed by atoms with Crippen molar-refractivity contribution in [2.75, 3.05) is 0 Å². The normalized spacial score (nSPS) is 20.8. The minimum Gasteiger partial charge on any atom is -0.303 e.